The molecule has 0 unspecified atom stereocenters. The molecule has 2 aromatic carbocycles. The number of aryl methyl sites for hydroxylation is 1. The Morgan fingerprint density at radius 1 is 0.969 bits per heavy atom. The number of fused-ring (bicyclic) bond motifs is 1. The lowest BCUT2D eigenvalue weighted by atomic mass is 9.87. The Morgan fingerprint density at radius 3 is 2.41 bits per heavy atom. The van der Waals surface area contributed by atoms with Crippen molar-refractivity contribution in [1.82, 2.24) is 0 Å². The van der Waals surface area contributed by atoms with Gasteiger partial charge in [-0.15, -0.1) is 0 Å². The summed E-state index contributed by atoms with van der Waals surface area (Å²) in [5.41, 5.74) is 14.4. The molecule has 1 spiro atoms. The van der Waals surface area contributed by atoms with Crippen LogP contribution in [0.3, 0.4) is 0 Å². The highest BCUT2D eigenvalue weighted by atomic mass is 35.5. The molecule has 1 fully saturated rings. The number of rotatable bonds is 2. The number of imide groups is 1. The fourth-order valence-electron chi connectivity index (χ4n) is 4.96. The van der Waals surface area contributed by atoms with E-state index in [0.29, 0.717) is 27.8 Å². The van der Waals surface area contributed by atoms with Gasteiger partial charge >= 0.3 is 0 Å². The number of carbonyl (C=O) groups excluding carboxylic acids is 2. The van der Waals surface area contributed by atoms with Gasteiger partial charge in [-0.2, -0.15) is 4.99 Å². The van der Waals surface area contributed by atoms with Crippen LogP contribution in [0.15, 0.2) is 46.4 Å². The van der Waals surface area contributed by atoms with Crippen LogP contribution in [-0.4, -0.2) is 29.4 Å². The van der Waals surface area contributed by atoms with E-state index in [1.165, 1.54) is 11.0 Å². The quantitative estimate of drug-likeness (QED) is 0.678. The summed E-state index contributed by atoms with van der Waals surface area (Å²) < 4.78 is 0. The van der Waals surface area contributed by atoms with Crippen LogP contribution in [0, 0.1) is 6.92 Å². The summed E-state index contributed by atoms with van der Waals surface area (Å²) in [5.74, 6) is -0.262. The second-order valence-corrected chi connectivity index (χ2v) is 8.86. The summed E-state index contributed by atoms with van der Waals surface area (Å²) in [6.07, 6.45) is 4.84. The average molecular weight is 451 g/mol. The number of halogens is 1. The molecule has 2 aliphatic heterocycles. The summed E-state index contributed by atoms with van der Waals surface area (Å²) >= 11 is 6.03. The minimum Gasteiger partial charge on any atom is -0.369 e. The van der Waals surface area contributed by atoms with Gasteiger partial charge in [-0.1, -0.05) is 18.0 Å². The highest BCUT2D eigenvalue weighted by Crippen LogP contribution is 2.41. The Bertz CT molecular complexity index is 1210. The van der Waals surface area contributed by atoms with Gasteiger partial charge in [0.05, 0.1) is 16.8 Å². The number of aliphatic imine (C=N–C) groups is 2. The lowest BCUT2D eigenvalue weighted by molar-refractivity contribution is 0.0926. The molecule has 164 valence electrons. The van der Waals surface area contributed by atoms with Crippen LogP contribution in [0.5, 0.6) is 0 Å². The van der Waals surface area contributed by atoms with Gasteiger partial charge in [0.25, 0.3) is 11.8 Å². The summed E-state index contributed by atoms with van der Waals surface area (Å²) in [6.45, 7) is 1.86. The molecule has 1 aliphatic carbocycles. The lowest BCUT2D eigenvalue weighted by Crippen LogP contribution is -2.58. The highest BCUT2D eigenvalue weighted by molar-refractivity contribution is 6.37. The molecule has 2 amide bonds. The largest absolute Gasteiger partial charge is 0.369 e. The van der Waals surface area contributed by atoms with Gasteiger partial charge in [0.2, 0.25) is 11.9 Å². The van der Waals surface area contributed by atoms with Gasteiger partial charge in [0.15, 0.2) is 0 Å². The number of anilines is 2. The van der Waals surface area contributed by atoms with E-state index in [-0.39, 0.29) is 17.8 Å². The third-order valence-corrected chi connectivity index (χ3v) is 6.61. The van der Waals surface area contributed by atoms with E-state index >= 15 is 0 Å². The van der Waals surface area contributed by atoms with E-state index in [0.717, 1.165) is 43.4 Å². The maximum absolute atomic E-state index is 13.0. The zero-order valence-electron chi connectivity index (χ0n) is 17.6. The molecule has 1 saturated carbocycles. The predicted molar refractivity (Wildman–Crippen MR) is 125 cm³/mol. The first-order valence-electron chi connectivity index (χ1n) is 10.6. The number of hydrogen-bond donors (Lipinski definition) is 2. The van der Waals surface area contributed by atoms with E-state index in [1.807, 2.05) is 24.0 Å². The minimum atomic E-state index is -0.561. The fourth-order valence-corrected chi connectivity index (χ4v) is 5.13. The Labute approximate surface area is 190 Å². The van der Waals surface area contributed by atoms with Crippen LogP contribution in [0.25, 0.3) is 0 Å². The van der Waals surface area contributed by atoms with Crippen molar-refractivity contribution in [3.8, 4) is 0 Å². The van der Waals surface area contributed by atoms with Gasteiger partial charge < -0.3 is 11.5 Å². The van der Waals surface area contributed by atoms with Crippen molar-refractivity contribution in [2.75, 3.05) is 9.80 Å². The molecule has 2 aromatic rings. The Kier molecular flexibility index (Phi) is 4.70. The minimum absolute atomic E-state index is 0.193. The Balaban J connectivity index is 1.53. The molecule has 9 heteroatoms. The van der Waals surface area contributed by atoms with E-state index in [1.54, 1.807) is 18.2 Å². The van der Waals surface area contributed by atoms with Gasteiger partial charge in [0, 0.05) is 10.7 Å². The molecule has 5 rings (SSSR count). The third-order valence-electron chi connectivity index (χ3n) is 6.38. The van der Waals surface area contributed by atoms with Crippen molar-refractivity contribution < 1.29 is 9.59 Å². The van der Waals surface area contributed by atoms with Gasteiger partial charge in [0.1, 0.15) is 5.66 Å². The lowest BCUT2D eigenvalue weighted by Gasteiger charge is -2.45. The first-order valence-corrected chi connectivity index (χ1v) is 11.0. The van der Waals surface area contributed by atoms with Crippen LogP contribution in [0.2, 0.25) is 5.02 Å². The van der Waals surface area contributed by atoms with E-state index in [4.69, 9.17) is 28.1 Å². The zero-order valence-corrected chi connectivity index (χ0v) is 18.4. The molecule has 0 aromatic heterocycles. The first kappa shape index (κ1) is 20.5. The van der Waals surface area contributed by atoms with Crippen molar-refractivity contribution in [3.05, 3.63) is 58.1 Å². The molecule has 0 bridgehead atoms. The molecule has 0 radical (unpaired) electrons. The topological polar surface area (TPSA) is 117 Å². The summed E-state index contributed by atoms with van der Waals surface area (Å²) in [7, 11) is 0. The van der Waals surface area contributed by atoms with Gasteiger partial charge in [-0.05, 0) is 74.6 Å². The SMILES string of the molecule is Cc1cc(N2C(N)=NC(N)=NC23CCCCC3)ccc1N1C(=O)c2ccc(Cl)cc2C1=O. The summed E-state index contributed by atoms with van der Waals surface area (Å²) in [4.78, 5) is 38.0. The van der Waals surface area contributed by atoms with E-state index in [9.17, 15) is 9.59 Å². The number of carbonyl (C=O) groups is 2. The van der Waals surface area contributed by atoms with Crippen molar-refractivity contribution >= 4 is 46.7 Å². The molecule has 8 nitrogen and oxygen atoms in total. The van der Waals surface area contributed by atoms with Crippen LogP contribution >= 0.6 is 11.6 Å². The average Bonchev–Trinajstić information content (AvgIpc) is 2.98. The number of nitrogens with zero attached hydrogens (tertiary/aromatic N) is 4. The Morgan fingerprint density at radius 2 is 1.69 bits per heavy atom. The standard InChI is InChI=1S/C23H23ClN6O2/c1-13-11-15(30-22(26)27-21(25)28-23(30)9-3-2-4-10-23)6-8-18(13)29-19(31)16-7-5-14(24)12-17(16)20(29)32/h5-8,11-12H,2-4,9-10H2,1H3,(H4,25,26,27,28). The van der Waals surface area contributed by atoms with E-state index in [2.05, 4.69) is 4.99 Å². The monoisotopic (exact) mass is 450 g/mol. The smallest absolute Gasteiger partial charge is 0.266 e. The third kappa shape index (κ3) is 3.05. The molecule has 0 atom stereocenters. The van der Waals surface area contributed by atoms with Crippen molar-refractivity contribution in [3.63, 3.8) is 0 Å². The van der Waals surface area contributed by atoms with Crippen LogP contribution < -0.4 is 21.3 Å². The first-order chi connectivity index (χ1) is 15.3. The predicted octanol–water partition coefficient (Wildman–Crippen LogP) is 3.56. The van der Waals surface area contributed by atoms with Crippen molar-refractivity contribution in [2.45, 2.75) is 44.7 Å². The molecule has 0 saturated heterocycles. The normalized spacial score (nSPS) is 19.8. The Hall–Kier alpha value is -3.39. The fraction of sp³-hybridized carbons (Fsp3) is 0.304. The number of guanidine groups is 2. The van der Waals surface area contributed by atoms with Crippen molar-refractivity contribution in [1.29, 1.82) is 0 Å². The maximum atomic E-state index is 13.0. The molecular formula is C23H23ClN6O2. The number of hydrogen-bond acceptors (Lipinski definition) is 7. The maximum Gasteiger partial charge on any atom is 0.266 e. The summed E-state index contributed by atoms with van der Waals surface area (Å²) in [5, 5.41) is 0.413. The highest BCUT2D eigenvalue weighted by Gasteiger charge is 2.43. The van der Waals surface area contributed by atoms with Crippen molar-refractivity contribution in [2.24, 2.45) is 21.5 Å². The van der Waals surface area contributed by atoms with Crippen LogP contribution in [0.1, 0.15) is 58.4 Å². The molecule has 32 heavy (non-hydrogen) atoms. The number of nitrogens with two attached hydrogens (primary N) is 2. The van der Waals surface area contributed by atoms with Crippen LogP contribution in [0.4, 0.5) is 11.4 Å². The molecule has 3 aliphatic rings. The zero-order chi connectivity index (χ0) is 22.6. The molecule has 4 N–H and O–H groups in total. The molecular weight excluding hydrogens is 428 g/mol. The second-order valence-electron chi connectivity index (χ2n) is 8.42. The second kappa shape index (κ2) is 7.34. The summed E-state index contributed by atoms with van der Waals surface area (Å²) in [6, 6.07) is 10.2. The van der Waals surface area contributed by atoms with E-state index < -0.39 is 5.66 Å². The number of amides is 2. The van der Waals surface area contributed by atoms with Gasteiger partial charge in [-0.25, -0.2) is 9.89 Å². The number of benzene rings is 2. The van der Waals surface area contributed by atoms with Crippen LogP contribution in [-0.2, 0) is 0 Å². The van der Waals surface area contributed by atoms with Gasteiger partial charge in [-0.3, -0.25) is 14.5 Å². The molecule has 2 heterocycles.